The lowest BCUT2D eigenvalue weighted by Gasteiger charge is -2.11. The molecule has 0 aromatic heterocycles. The third kappa shape index (κ3) is 6.04. The number of benzene rings is 3. The van der Waals surface area contributed by atoms with E-state index in [-0.39, 0.29) is 34.2 Å². The summed E-state index contributed by atoms with van der Waals surface area (Å²) in [5.41, 5.74) is -0.639. The van der Waals surface area contributed by atoms with Crippen LogP contribution in [0.3, 0.4) is 0 Å². The summed E-state index contributed by atoms with van der Waals surface area (Å²) in [6.45, 7) is 1.63. The number of nitro benzene ring substituents is 3. The second-order valence-electron chi connectivity index (χ2n) is 7.56. The zero-order chi connectivity index (χ0) is 28.0. The Bertz CT molecular complexity index is 1540. The van der Waals surface area contributed by atoms with Crippen molar-refractivity contribution in [2.24, 2.45) is 0 Å². The van der Waals surface area contributed by atoms with E-state index in [1.807, 2.05) is 0 Å². The lowest BCUT2D eigenvalue weighted by molar-refractivity contribution is -0.394. The van der Waals surface area contributed by atoms with Gasteiger partial charge in [-0.25, -0.2) is 0 Å². The maximum atomic E-state index is 12.7. The number of hydrogen-bond acceptors (Lipinski definition) is 10. The fourth-order valence-corrected chi connectivity index (χ4v) is 3.19. The van der Waals surface area contributed by atoms with Crippen LogP contribution in [-0.4, -0.2) is 27.8 Å². The number of aryl methyl sites for hydroxylation is 1. The van der Waals surface area contributed by atoms with Crippen molar-refractivity contribution in [2.75, 3.05) is 12.4 Å². The van der Waals surface area contributed by atoms with Gasteiger partial charge < -0.3 is 14.8 Å². The van der Waals surface area contributed by atoms with Crippen LogP contribution in [-0.2, 0) is 4.79 Å². The number of carbonyl (C=O) groups is 1. The number of rotatable bonds is 9. The molecule has 14 heteroatoms. The van der Waals surface area contributed by atoms with Crippen molar-refractivity contribution in [2.45, 2.75) is 6.92 Å². The quantitative estimate of drug-likeness (QED) is 0.172. The number of anilines is 1. The topological polar surface area (TPSA) is 201 Å². The minimum atomic E-state index is -0.827. The van der Waals surface area contributed by atoms with Crippen LogP contribution >= 0.6 is 0 Å². The van der Waals surface area contributed by atoms with Crippen LogP contribution in [0.5, 0.6) is 17.2 Å². The van der Waals surface area contributed by atoms with E-state index in [2.05, 4.69) is 5.32 Å². The van der Waals surface area contributed by atoms with Crippen LogP contribution in [0.2, 0.25) is 0 Å². The molecule has 3 aromatic carbocycles. The SMILES string of the molecule is COc1cc(/C=C(\C#N)C(=O)Nc2cc([N+](=O)[O-])ccc2C)ccc1Oc1ccc([N+](=O)[O-])cc1[N+](=O)[O-]. The van der Waals surface area contributed by atoms with Crippen LogP contribution in [0, 0.1) is 48.6 Å². The highest BCUT2D eigenvalue weighted by Gasteiger charge is 2.22. The van der Waals surface area contributed by atoms with Gasteiger partial charge in [-0.2, -0.15) is 5.26 Å². The predicted molar refractivity (Wildman–Crippen MR) is 133 cm³/mol. The van der Waals surface area contributed by atoms with E-state index in [9.17, 15) is 40.4 Å². The fourth-order valence-electron chi connectivity index (χ4n) is 3.19. The number of methoxy groups -OCH3 is 1. The summed E-state index contributed by atoms with van der Waals surface area (Å²) in [5, 5.41) is 45.3. The third-order valence-electron chi connectivity index (χ3n) is 5.11. The Hall–Kier alpha value is -5.84. The highest BCUT2D eigenvalue weighted by molar-refractivity contribution is 6.10. The minimum absolute atomic E-state index is 0.0248. The molecule has 0 aliphatic rings. The van der Waals surface area contributed by atoms with Gasteiger partial charge in [-0.3, -0.25) is 35.1 Å². The average molecular weight is 519 g/mol. The summed E-state index contributed by atoms with van der Waals surface area (Å²) >= 11 is 0. The molecule has 3 rings (SSSR count). The standard InChI is InChI=1S/C24H17N5O9/c1-14-3-5-17(27(31)32)11-19(14)26-24(30)16(13-25)9-15-4-7-22(23(10-15)37-2)38-21-8-6-18(28(33)34)12-20(21)29(35)36/h3-12H,1-2H3,(H,26,30)/b16-9+. The first kappa shape index (κ1) is 26.8. The molecule has 0 fully saturated rings. The zero-order valence-corrected chi connectivity index (χ0v) is 19.7. The Balaban J connectivity index is 1.90. The lowest BCUT2D eigenvalue weighted by atomic mass is 10.1. The number of amides is 1. The van der Waals surface area contributed by atoms with Gasteiger partial charge in [0.25, 0.3) is 17.3 Å². The summed E-state index contributed by atoms with van der Waals surface area (Å²) in [6, 6.07) is 12.8. The molecular formula is C24H17N5O9. The smallest absolute Gasteiger partial charge is 0.318 e. The molecule has 0 unspecified atom stereocenters. The Morgan fingerprint density at radius 2 is 1.53 bits per heavy atom. The Labute approximate surface area is 213 Å². The molecule has 14 nitrogen and oxygen atoms in total. The average Bonchev–Trinajstić information content (AvgIpc) is 2.88. The van der Waals surface area contributed by atoms with E-state index in [4.69, 9.17) is 9.47 Å². The third-order valence-corrected chi connectivity index (χ3v) is 5.11. The molecule has 0 aliphatic carbocycles. The summed E-state index contributed by atoms with van der Waals surface area (Å²) in [7, 11) is 1.29. The summed E-state index contributed by atoms with van der Waals surface area (Å²) in [6.07, 6.45) is 1.24. The molecule has 0 aliphatic heterocycles. The Morgan fingerprint density at radius 1 is 0.895 bits per heavy atom. The largest absolute Gasteiger partial charge is 0.493 e. The van der Waals surface area contributed by atoms with Gasteiger partial charge in [0.15, 0.2) is 11.5 Å². The van der Waals surface area contributed by atoms with Crippen molar-refractivity contribution >= 4 is 34.7 Å². The number of nitrogens with one attached hydrogen (secondary N) is 1. The van der Waals surface area contributed by atoms with Gasteiger partial charge in [0.2, 0.25) is 5.75 Å². The number of hydrogen-bond donors (Lipinski definition) is 1. The maximum Gasteiger partial charge on any atom is 0.318 e. The number of nitro groups is 3. The predicted octanol–water partition coefficient (Wildman–Crippen LogP) is 5.07. The van der Waals surface area contributed by atoms with Gasteiger partial charge in [-0.1, -0.05) is 12.1 Å². The number of carbonyl (C=O) groups excluding carboxylic acids is 1. The van der Waals surface area contributed by atoms with Gasteiger partial charge in [0, 0.05) is 18.2 Å². The first-order valence-corrected chi connectivity index (χ1v) is 10.5. The normalized spacial score (nSPS) is 10.7. The number of non-ortho nitro benzene ring substituents is 2. The molecule has 1 N–H and O–H groups in total. The minimum Gasteiger partial charge on any atom is -0.493 e. The first-order chi connectivity index (χ1) is 18.0. The molecular weight excluding hydrogens is 502 g/mol. The van der Waals surface area contributed by atoms with E-state index in [0.717, 1.165) is 18.2 Å². The van der Waals surface area contributed by atoms with Crippen molar-refractivity contribution in [3.63, 3.8) is 0 Å². The van der Waals surface area contributed by atoms with E-state index in [1.165, 1.54) is 49.6 Å². The Morgan fingerprint density at radius 3 is 2.13 bits per heavy atom. The highest BCUT2D eigenvalue weighted by Crippen LogP contribution is 2.38. The zero-order valence-electron chi connectivity index (χ0n) is 19.7. The van der Waals surface area contributed by atoms with Gasteiger partial charge in [-0.15, -0.1) is 0 Å². The molecule has 0 spiro atoms. The van der Waals surface area contributed by atoms with E-state index >= 15 is 0 Å². The van der Waals surface area contributed by atoms with Crippen molar-refractivity contribution in [1.29, 1.82) is 5.26 Å². The van der Waals surface area contributed by atoms with E-state index in [1.54, 1.807) is 13.0 Å². The first-order valence-electron chi connectivity index (χ1n) is 10.5. The van der Waals surface area contributed by atoms with Crippen molar-refractivity contribution in [3.05, 3.63) is 102 Å². The van der Waals surface area contributed by atoms with Crippen LogP contribution < -0.4 is 14.8 Å². The van der Waals surface area contributed by atoms with Gasteiger partial charge >= 0.3 is 5.69 Å². The highest BCUT2D eigenvalue weighted by atomic mass is 16.6. The number of nitrogens with zero attached hydrogens (tertiary/aromatic N) is 4. The van der Waals surface area contributed by atoms with E-state index < -0.39 is 32.1 Å². The maximum absolute atomic E-state index is 12.7. The van der Waals surface area contributed by atoms with Gasteiger partial charge in [-0.05, 0) is 42.3 Å². The molecule has 0 radical (unpaired) electrons. The van der Waals surface area contributed by atoms with Crippen LogP contribution in [0.4, 0.5) is 22.7 Å². The lowest BCUT2D eigenvalue weighted by Crippen LogP contribution is -2.14. The summed E-state index contributed by atoms with van der Waals surface area (Å²) in [4.78, 5) is 43.8. The molecule has 0 atom stereocenters. The Kier molecular flexibility index (Phi) is 7.93. The fraction of sp³-hybridized carbons (Fsp3) is 0.0833. The monoisotopic (exact) mass is 519 g/mol. The van der Waals surface area contributed by atoms with E-state index in [0.29, 0.717) is 11.1 Å². The van der Waals surface area contributed by atoms with Crippen molar-refractivity contribution < 1.29 is 29.0 Å². The van der Waals surface area contributed by atoms with Crippen LogP contribution in [0.15, 0.2) is 60.2 Å². The summed E-state index contributed by atoms with van der Waals surface area (Å²) in [5.74, 6) is -0.973. The van der Waals surface area contributed by atoms with Gasteiger partial charge in [0.1, 0.15) is 11.6 Å². The number of nitriles is 1. The van der Waals surface area contributed by atoms with Crippen LogP contribution in [0.25, 0.3) is 6.08 Å². The molecule has 0 heterocycles. The molecule has 38 heavy (non-hydrogen) atoms. The number of ether oxygens (including phenoxy) is 2. The molecule has 3 aromatic rings. The second kappa shape index (κ2) is 11.3. The molecule has 0 saturated carbocycles. The molecule has 1 amide bonds. The van der Waals surface area contributed by atoms with Gasteiger partial charge in [0.05, 0.1) is 33.6 Å². The van der Waals surface area contributed by atoms with Crippen LogP contribution in [0.1, 0.15) is 11.1 Å². The second-order valence-corrected chi connectivity index (χ2v) is 7.56. The summed E-state index contributed by atoms with van der Waals surface area (Å²) < 4.78 is 10.8. The molecule has 0 saturated heterocycles. The van der Waals surface area contributed by atoms with Crippen molar-refractivity contribution in [3.8, 4) is 23.3 Å². The molecule has 192 valence electrons. The molecule has 0 bridgehead atoms. The van der Waals surface area contributed by atoms with Crippen molar-refractivity contribution in [1.82, 2.24) is 0 Å².